The molecular weight excluding hydrogens is 270 g/mol. The maximum absolute atomic E-state index is 12.5. The summed E-state index contributed by atoms with van der Waals surface area (Å²) in [5.74, 6) is 0.106. The van der Waals surface area contributed by atoms with Crippen molar-refractivity contribution in [3.63, 3.8) is 0 Å². The van der Waals surface area contributed by atoms with Crippen LogP contribution in [-0.2, 0) is 9.53 Å². The molecule has 2 aliphatic rings. The summed E-state index contributed by atoms with van der Waals surface area (Å²) in [6.45, 7) is 9.98. The molecule has 2 amide bonds. The lowest BCUT2D eigenvalue weighted by Gasteiger charge is -2.36. The molecule has 2 heterocycles. The van der Waals surface area contributed by atoms with Crippen molar-refractivity contribution in [1.29, 1.82) is 0 Å². The zero-order valence-corrected chi connectivity index (χ0v) is 13.4. The molecule has 6 heteroatoms. The fourth-order valence-electron chi connectivity index (χ4n) is 2.81. The van der Waals surface area contributed by atoms with E-state index in [0.717, 1.165) is 39.0 Å². The molecule has 0 aromatic carbocycles. The molecule has 6 nitrogen and oxygen atoms in total. The van der Waals surface area contributed by atoms with Crippen LogP contribution in [0.3, 0.4) is 0 Å². The Morgan fingerprint density at radius 1 is 1.10 bits per heavy atom. The Hall–Kier alpha value is -1.30. The van der Waals surface area contributed by atoms with E-state index < -0.39 is 5.60 Å². The van der Waals surface area contributed by atoms with E-state index in [9.17, 15) is 9.59 Å². The predicted octanol–water partition coefficient (Wildman–Crippen LogP) is 1.07. The third-order valence-electron chi connectivity index (χ3n) is 3.85. The number of carbonyl (C=O) groups is 2. The molecular formula is C15H27N3O3. The number of rotatable bonds is 1. The Bertz CT molecular complexity index is 386. The van der Waals surface area contributed by atoms with Gasteiger partial charge in [0, 0.05) is 39.3 Å². The molecule has 0 aromatic rings. The predicted molar refractivity (Wildman–Crippen MR) is 80.0 cm³/mol. The molecule has 1 N–H and O–H groups in total. The van der Waals surface area contributed by atoms with E-state index in [1.165, 1.54) is 0 Å². The fourth-order valence-corrected chi connectivity index (χ4v) is 2.81. The maximum Gasteiger partial charge on any atom is 0.410 e. The Kier molecular flexibility index (Phi) is 5.08. The summed E-state index contributed by atoms with van der Waals surface area (Å²) in [5.41, 5.74) is -0.493. The minimum Gasteiger partial charge on any atom is -0.444 e. The van der Waals surface area contributed by atoms with E-state index in [1.807, 2.05) is 25.7 Å². The van der Waals surface area contributed by atoms with Crippen molar-refractivity contribution in [1.82, 2.24) is 15.1 Å². The van der Waals surface area contributed by atoms with Crippen molar-refractivity contribution < 1.29 is 14.3 Å². The largest absolute Gasteiger partial charge is 0.444 e. The lowest BCUT2D eigenvalue weighted by atomic mass is 9.96. The van der Waals surface area contributed by atoms with Crippen LogP contribution >= 0.6 is 0 Å². The van der Waals surface area contributed by atoms with Gasteiger partial charge in [0.25, 0.3) is 0 Å². The van der Waals surface area contributed by atoms with Crippen LogP contribution in [-0.4, -0.2) is 66.7 Å². The summed E-state index contributed by atoms with van der Waals surface area (Å²) in [4.78, 5) is 28.2. The average Bonchev–Trinajstić information content (AvgIpc) is 2.46. The van der Waals surface area contributed by atoms with E-state index in [-0.39, 0.29) is 17.9 Å². The second kappa shape index (κ2) is 6.64. The standard InChI is InChI=1S/C15H27N3O3/c1-15(2,3)21-14(20)18-8-4-5-12(11-18)13(19)17-9-6-16-7-10-17/h12,16H,4-11H2,1-3H3. The van der Waals surface area contributed by atoms with E-state index in [2.05, 4.69) is 5.32 Å². The quantitative estimate of drug-likeness (QED) is 0.786. The Balaban J connectivity index is 1.90. The SMILES string of the molecule is CC(C)(C)OC(=O)N1CCCC(C(=O)N2CCNCC2)C1. The van der Waals surface area contributed by atoms with Crippen molar-refractivity contribution in [2.24, 2.45) is 5.92 Å². The third kappa shape index (κ3) is 4.59. The molecule has 0 aliphatic carbocycles. The second-order valence-electron chi connectivity index (χ2n) is 6.84. The van der Waals surface area contributed by atoms with Gasteiger partial charge in [-0.15, -0.1) is 0 Å². The van der Waals surface area contributed by atoms with Crippen molar-refractivity contribution in [2.75, 3.05) is 39.3 Å². The van der Waals surface area contributed by atoms with Gasteiger partial charge in [0.1, 0.15) is 5.60 Å². The van der Waals surface area contributed by atoms with Gasteiger partial charge < -0.3 is 19.9 Å². The van der Waals surface area contributed by atoms with Crippen LogP contribution in [0, 0.1) is 5.92 Å². The van der Waals surface area contributed by atoms with Gasteiger partial charge in [0.15, 0.2) is 0 Å². The van der Waals surface area contributed by atoms with Crippen LogP contribution in [0.1, 0.15) is 33.6 Å². The highest BCUT2D eigenvalue weighted by atomic mass is 16.6. The van der Waals surface area contributed by atoms with Gasteiger partial charge in [0.2, 0.25) is 5.91 Å². The Morgan fingerprint density at radius 2 is 1.76 bits per heavy atom. The molecule has 2 fully saturated rings. The zero-order valence-electron chi connectivity index (χ0n) is 13.4. The summed E-state index contributed by atoms with van der Waals surface area (Å²) >= 11 is 0. The molecule has 0 bridgehead atoms. The summed E-state index contributed by atoms with van der Waals surface area (Å²) in [6, 6.07) is 0. The normalized spacial score (nSPS) is 23.9. The summed E-state index contributed by atoms with van der Waals surface area (Å²) in [7, 11) is 0. The monoisotopic (exact) mass is 297 g/mol. The number of hydrogen-bond donors (Lipinski definition) is 1. The molecule has 1 unspecified atom stereocenters. The smallest absolute Gasteiger partial charge is 0.410 e. The van der Waals surface area contributed by atoms with Crippen LogP contribution in [0.5, 0.6) is 0 Å². The molecule has 120 valence electrons. The van der Waals surface area contributed by atoms with Crippen LogP contribution < -0.4 is 5.32 Å². The number of ether oxygens (including phenoxy) is 1. The van der Waals surface area contributed by atoms with Crippen LogP contribution in [0.2, 0.25) is 0 Å². The van der Waals surface area contributed by atoms with Gasteiger partial charge in [-0.1, -0.05) is 0 Å². The minimum absolute atomic E-state index is 0.0793. The van der Waals surface area contributed by atoms with Crippen molar-refractivity contribution in [3.05, 3.63) is 0 Å². The van der Waals surface area contributed by atoms with E-state index in [4.69, 9.17) is 4.74 Å². The molecule has 0 radical (unpaired) electrons. The van der Waals surface area contributed by atoms with E-state index in [0.29, 0.717) is 13.1 Å². The number of nitrogens with one attached hydrogen (secondary N) is 1. The zero-order chi connectivity index (χ0) is 15.5. The first-order valence-corrected chi connectivity index (χ1v) is 7.84. The molecule has 0 saturated carbocycles. The van der Waals surface area contributed by atoms with Crippen molar-refractivity contribution in [2.45, 2.75) is 39.2 Å². The fraction of sp³-hybridized carbons (Fsp3) is 0.867. The highest BCUT2D eigenvalue weighted by molar-refractivity contribution is 5.80. The Labute approximate surface area is 126 Å². The molecule has 1 atom stereocenters. The number of hydrogen-bond acceptors (Lipinski definition) is 4. The number of amides is 2. The number of likely N-dealkylation sites (tertiary alicyclic amines) is 1. The van der Waals surface area contributed by atoms with Gasteiger partial charge in [-0.05, 0) is 33.6 Å². The highest BCUT2D eigenvalue weighted by Crippen LogP contribution is 2.21. The molecule has 2 saturated heterocycles. The maximum atomic E-state index is 12.5. The first-order valence-electron chi connectivity index (χ1n) is 7.84. The molecule has 0 spiro atoms. The average molecular weight is 297 g/mol. The van der Waals surface area contributed by atoms with Gasteiger partial charge >= 0.3 is 6.09 Å². The van der Waals surface area contributed by atoms with E-state index >= 15 is 0 Å². The molecule has 21 heavy (non-hydrogen) atoms. The van der Waals surface area contributed by atoms with Gasteiger partial charge in [-0.25, -0.2) is 4.79 Å². The number of nitrogens with zero attached hydrogens (tertiary/aromatic N) is 2. The minimum atomic E-state index is -0.493. The van der Waals surface area contributed by atoms with Crippen molar-refractivity contribution >= 4 is 12.0 Å². The molecule has 2 aliphatic heterocycles. The van der Waals surface area contributed by atoms with Crippen LogP contribution in [0.15, 0.2) is 0 Å². The number of piperazine rings is 1. The first-order chi connectivity index (χ1) is 9.87. The molecule has 0 aromatic heterocycles. The second-order valence-corrected chi connectivity index (χ2v) is 6.84. The van der Waals surface area contributed by atoms with Gasteiger partial charge in [-0.2, -0.15) is 0 Å². The van der Waals surface area contributed by atoms with E-state index in [1.54, 1.807) is 4.90 Å². The summed E-state index contributed by atoms with van der Waals surface area (Å²) in [6.07, 6.45) is 1.42. The number of piperidine rings is 1. The lowest BCUT2D eigenvalue weighted by molar-refractivity contribution is -0.137. The first kappa shape index (κ1) is 16.1. The van der Waals surface area contributed by atoms with Crippen LogP contribution in [0.25, 0.3) is 0 Å². The van der Waals surface area contributed by atoms with Gasteiger partial charge in [0.05, 0.1) is 5.92 Å². The van der Waals surface area contributed by atoms with Crippen LogP contribution in [0.4, 0.5) is 4.79 Å². The molecule has 2 rings (SSSR count). The lowest BCUT2D eigenvalue weighted by Crippen LogP contribution is -2.52. The summed E-state index contributed by atoms with van der Waals surface area (Å²) < 4.78 is 5.40. The highest BCUT2D eigenvalue weighted by Gasteiger charge is 2.33. The van der Waals surface area contributed by atoms with Gasteiger partial charge in [-0.3, -0.25) is 4.79 Å². The van der Waals surface area contributed by atoms with Crippen molar-refractivity contribution in [3.8, 4) is 0 Å². The summed E-state index contributed by atoms with van der Waals surface area (Å²) in [5, 5.41) is 3.25. The third-order valence-corrected chi connectivity index (χ3v) is 3.85. The topological polar surface area (TPSA) is 61.9 Å². The Morgan fingerprint density at radius 3 is 2.38 bits per heavy atom. The number of carbonyl (C=O) groups excluding carboxylic acids is 2.